The lowest BCUT2D eigenvalue weighted by molar-refractivity contribution is -0.130. The molecule has 1 saturated heterocycles. The molecule has 6 nitrogen and oxygen atoms in total. The van der Waals surface area contributed by atoms with E-state index in [1.807, 2.05) is 46.9 Å². The summed E-state index contributed by atoms with van der Waals surface area (Å²) in [4.78, 5) is 30.1. The molecule has 0 atom stereocenters. The Hall–Kier alpha value is -2.64. The van der Waals surface area contributed by atoms with Crippen LogP contribution >= 0.6 is 11.3 Å². The number of pyridine rings is 1. The van der Waals surface area contributed by atoms with E-state index in [1.165, 1.54) is 0 Å². The van der Waals surface area contributed by atoms with Gasteiger partial charge < -0.3 is 4.90 Å². The van der Waals surface area contributed by atoms with Gasteiger partial charge in [0.15, 0.2) is 5.82 Å². The third-order valence-corrected chi connectivity index (χ3v) is 5.61. The van der Waals surface area contributed by atoms with E-state index < -0.39 is 0 Å². The average molecular weight is 394 g/mol. The molecule has 1 aliphatic rings. The van der Waals surface area contributed by atoms with Gasteiger partial charge in [0.25, 0.3) is 0 Å². The summed E-state index contributed by atoms with van der Waals surface area (Å²) in [6.45, 7) is 4.25. The standard InChI is InChI=1S/C21H23N5OS/c27-20(12-17-5-11-28-16-17)26-8-3-7-25(9-10-26)15-18-13-23-21(24-14-18)19-4-1-2-6-22-19/h1-2,4-6,11,13-14,16H,3,7-10,12,15H2. The van der Waals surface area contributed by atoms with E-state index in [2.05, 4.69) is 25.2 Å². The molecule has 0 unspecified atom stereocenters. The van der Waals surface area contributed by atoms with Crippen molar-refractivity contribution < 1.29 is 4.79 Å². The van der Waals surface area contributed by atoms with Crippen LogP contribution in [0.15, 0.2) is 53.6 Å². The molecule has 7 heteroatoms. The van der Waals surface area contributed by atoms with Gasteiger partial charge in [0.05, 0.1) is 6.42 Å². The zero-order chi connectivity index (χ0) is 19.2. The summed E-state index contributed by atoms with van der Waals surface area (Å²) in [5, 5.41) is 4.07. The van der Waals surface area contributed by atoms with Gasteiger partial charge in [-0.2, -0.15) is 11.3 Å². The zero-order valence-electron chi connectivity index (χ0n) is 15.7. The quantitative estimate of drug-likeness (QED) is 0.667. The summed E-state index contributed by atoms with van der Waals surface area (Å²) in [6, 6.07) is 7.75. The molecule has 0 N–H and O–H groups in total. The van der Waals surface area contributed by atoms with Crippen LogP contribution in [0.4, 0.5) is 0 Å². The van der Waals surface area contributed by atoms with Gasteiger partial charge in [-0.25, -0.2) is 9.97 Å². The van der Waals surface area contributed by atoms with Crippen molar-refractivity contribution in [3.05, 3.63) is 64.7 Å². The van der Waals surface area contributed by atoms with Crippen molar-refractivity contribution in [2.24, 2.45) is 0 Å². The molecule has 0 aliphatic carbocycles. The first-order chi connectivity index (χ1) is 13.8. The fourth-order valence-electron chi connectivity index (χ4n) is 3.38. The Kier molecular flexibility index (Phi) is 6.04. The summed E-state index contributed by atoms with van der Waals surface area (Å²) >= 11 is 1.64. The summed E-state index contributed by atoms with van der Waals surface area (Å²) in [5.74, 6) is 0.869. The Morgan fingerprint density at radius 3 is 2.64 bits per heavy atom. The van der Waals surface area contributed by atoms with Gasteiger partial charge in [-0.05, 0) is 40.9 Å². The molecule has 0 radical (unpaired) electrons. The molecule has 0 spiro atoms. The first kappa shape index (κ1) is 18.7. The maximum atomic E-state index is 12.5. The molecular formula is C21H23N5OS. The summed E-state index contributed by atoms with van der Waals surface area (Å²) in [5.41, 5.74) is 2.97. The molecule has 28 heavy (non-hydrogen) atoms. The van der Waals surface area contributed by atoms with E-state index in [9.17, 15) is 4.79 Å². The Labute approximate surface area is 168 Å². The number of hydrogen-bond acceptors (Lipinski definition) is 6. The molecular weight excluding hydrogens is 370 g/mol. The second kappa shape index (κ2) is 9.03. The molecule has 4 rings (SSSR count). The highest BCUT2D eigenvalue weighted by molar-refractivity contribution is 7.08. The average Bonchev–Trinajstić information content (AvgIpc) is 3.13. The van der Waals surface area contributed by atoms with Crippen molar-refractivity contribution in [3.63, 3.8) is 0 Å². The predicted octanol–water partition coefficient (Wildman–Crippen LogP) is 2.88. The van der Waals surface area contributed by atoms with E-state index in [1.54, 1.807) is 17.5 Å². The number of thiophene rings is 1. The Morgan fingerprint density at radius 1 is 1.00 bits per heavy atom. The number of nitrogens with zero attached hydrogens (tertiary/aromatic N) is 5. The van der Waals surface area contributed by atoms with Gasteiger partial charge in [-0.3, -0.25) is 14.7 Å². The van der Waals surface area contributed by atoms with E-state index in [0.717, 1.165) is 56.0 Å². The van der Waals surface area contributed by atoms with Crippen LogP contribution in [-0.2, 0) is 17.8 Å². The van der Waals surface area contributed by atoms with Gasteiger partial charge >= 0.3 is 0 Å². The van der Waals surface area contributed by atoms with E-state index in [4.69, 9.17) is 0 Å². The van der Waals surface area contributed by atoms with Crippen LogP contribution < -0.4 is 0 Å². The third kappa shape index (κ3) is 4.79. The minimum Gasteiger partial charge on any atom is -0.341 e. The van der Waals surface area contributed by atoms with Crippen molar-refractivity contribution in [1.29, 1.82) is 0 Å². The molecule has 0 saturated carbocycles. The summed E-state index contributed by atoms with van der Waals surface area (Å²) in [6.07, 6.45) is 6.99. The number of aromatic nitrogens is 3. The number of hydrogen-bond donors (Lipinski definition) is 0. The van der Waals surface area contributed by atoms with Crippen molar-refractivity contribution in [3.8, 4) is 11.5 Å². The van der Waals surface area contributed by atoms with Crippen LogP contribution in [0.1, 0.15) is 17.5 Å². The molecule has 144 valence electrons. The maximum absolute atomic E-state index is 12.5. The number of carbonyl (C=O) groups excluding carboxylic acids is 1. The topological polar surface area (TPSA) is 62.2 Å². The van der Waals surface area contributed by atoms with Gasteiger partial charge in [0.2, 0.25) is 5.91 Å². The smallest absolute Gasteiger partial charge is 0.227 e. The number of amides is 1. The molecule has 3 aromatic heterocycles. The van der Waals surface area contributed by atoms with Gasteiger partial charge in [0.1, 0.15) is 5.69 Å². The van der Waals surface area contributed by atoms with Crippen LogP contribution in [0.3, 0.4) is 0 Å². The third-order valence-electron chi connectivity index (χ3n) is 4.88. The molecule has 1 fully saturated rings. The second-order valence-electron chi connectivity index (χ2n) is 6.95. The minimum atomic E-state index is 0.225. The highest BCUT2D eigenvalue weighted by atomic mass is 32.1. The lowest BCUT2D eigenvalue weighted by atomic mass is 10.2. The Morgan fingerprint density at radius 2 is 1.89 bits per heavy atom. The van der Waals surface area contributed by atoms with Crippen molar-refractivity contribution >= 4 is 17.2 Å². The first-order valence-electron chi connectivity index (χ1n) is 9.51. The molecule has 4 heterocycles. The molecule has 1 amide bonds. The maximum Gasteiger partial charge on any atom is 0.227 e. The highest BCUT2D eigenvalue weighted by Gasteiger charge is 2.19. The van der Waals surface area contributed by atoms with E-state index in [0.29, 0.717) is 12.2 Å². The fraction of sp³-hybridized carbons (Fsp3) is 0.333. The highest BCUT2D eigenvalue weighted by Crippen LogP contribution is 2.14. The molecule has 3 aromatic rings. The zero-order valence-corrected chi connectivity index (χ0v) is 16.5. The van der Waals surface area contributed by atoms with Crippen LogP contribution in [0, 0.1) is 0 Å². The Bertz CT molecular complexity index is 883. The Balaban J connectivity index is 1.31. The number of carbonyl (C=O) groups is 1. The van der Waals surface area contributed by atoms with Crippen LogP contribution in [0.2, 0.25) is 0 Å². The summed E-state index contributed by atoms with van der Waals surface area (Å²) in [7, 11) is 0. The lowest BCUT2D eigenvalue weighted by Gasteiger charge is -2.22. The lowest BCUT2D eigenvalue weighted by Crippen LogP contribution is -2.36. The van der Waals surface area contributed by atoms with Gasteiger partial charge in [-0.15, -0.1) is 0 Å². The van der Waals surface area contributed by atoms with Crippen molar-refractivity contribution in [2.45, 2.75) is 19.4 Å². The van der Waals surface area contributed by atoms with Crippen LogP contribution in [0.25, 0.3) is 11.5 Å². The summed E-state index contributed by atoms with van der Waals surface area (Å²) < 4.78 is 0. The minimum absolute atomic E-state index is 0.225. The van der Waals surface area contributed by atoms with Crippen molar-refractivity contribution in [2.75, 3.05) is 26.2 Å². The van der Waals surface area contributed by atoms with E-state index >= 15 is 0 Å². The van der Waals surface area contributed by atoms with Crippen LogP contribution in [-0.4, -0.2) is 56.8 Å². The predicted molar refractivity (Wildman–Crippen MR) is 110 cm³/mol. The van der Waals surface area contributed by atoms with Crippen molar-refractivity contribution in [1.82, 2.24) is 24.8 Å². The molecule has 0 aromatic carbocycles. The normalized spacial score (nSPS) is 15.4. The van der Waals surface area contributed by atoms with Gasteiger partial charge in [0, 0.05) is 56.9 Å². The molecule has 1 aliphatic heterocycles. The number of rotatable bonds is 5. The largest absolute Gasteiger partial charge is 0.341 e. The fourth-order valence-corrected chi connectivity index (χ4v) is 4.05. The second-order valence-corrected chi connectivity index (χ2v) is 7.73. The first-order valence-corrected chi connectivity index (χ1v) is 10.5. The monoisotopic (exact) mass is 393 g/mol. The molecule has 0 bridgehead atoms. The van der Waals surface area contributed by atoms with Crippen LogP contribution in [0.5, 0.6) is 0 Å². The van der Waals surface area contributed by atoms with E-state index in [-0.39, 0.29) is 5.91 Å². The SMILES string of the molecule is O=C(Cc1ccsc1)N1CCCN(Cc2cnc(-c3ccccn3)nc2)CC1. The van der Waals surface area contributed by atoms with Gasteiger partial charge in [-0.1, -0.05) is 6.07 Å².